The minimum atomic E-state index is -0.933. The van der Waals surface area contributed by atoms with E-state index in [9.17, 15) is 9.59 Å². The number of hydrogen-bond acceptors (Lipinski definition) is 6. The number of carboxylic acids is 1. The molecule has 1 N–H and O–H groups in total. The van der Waals surface area contributed by atoms with Crippen molar-refractivity contribution in [3.63, 3.8) is 0 Å². The van der Waals surface area contributed by atoms with E-state index in [4.69, 9.17) is 26.8 Å². The van der Waals surface area contributed by atoms with Crippen LogP contribution < -0.4 is 14.4 Å². The topological polar surface area (TPSA) is 76.1 Å². The van der Waals surface area contributed by atoms with Gasteiger partial charge in [-0.15, -0.1) is 0 Å². The van der Waals surface area contributed by atoms with Crippen LogP contribution in [0.15, 0.2) is 51.8 Å². The standard InChI is InChI=1S/C21H18BrNO5S2/c1-2-27-17-10-13(6-7-16(17)28-9-8-19(24)25)11-18-20(26)23(21(29)30-18)15-5-3-4-14(22)12-15/h3-7,10-12H,2,8-9H2,1H3,(H,24,25)/b18-11+. The van der Waals surface area contributed by atoms with E-state index in [2.05, 4.69) is 15.9 Å². The zero-order valence-electron chi connectivity index (χ0n) is 16.0. The Morgan fingerprint density at radius 2 is 2.03 bits per heavy atom. The second kappa shape index (κ2) is 10.1. The van der Waals surface area contributed by atoms with Gasteiger partial charge in [-0.25, -0.2) is 0 Å². The zero-order chi connectivity index (χ0) is 21.7. The average molecular weight is 508 g/mol. The van der Waals surface area contributed by atoms with Gasteiger partial charge in [0.15, 0.2) is 15.8 Å². The summed E-state index contributed by atoms with van der Waals surface area (Å²) >= 11 is 10.1. The number of thiocarbonyl (C=S) groups is 1. The van der Waals surface area contributed by atoms with Crippen LogP contribution in [0.3, 0.4) is 0 Å². The van der Waals surface area contributed by atoms with Gasteiger partial charge in [0.25, 0.3) is 5.91 Å². The van der Waals surface area contributed by atoms with Crippen molar-refractivity contribution in [2.75, 3.05) is 18.1 Å². The molecule has 9 heteroatoms. The average Bonchev–Trinajstić information content (AvgIpc) is 2.96. The van der Waals surface area contributed by atoms with Crippen molar-refractivity contribution in [3.8, 4) is 11.5 Å². The molecule has 0 unspecified atom stereocenters. The summed E-state index contributed by atoms with van der Waals surface area (Å²) in [5.41, 5.74) is 1.45. The summed E-state index contributed by atoms with van der Waals surface area (Å²) in [4.78, 5) is 25.6. The molecule has 3 rings (SSSR count). The molecule has 1 saturated heterocycles. The van der Waals surface area contributed by atoms with Gasteiger partial charge in [-0.05, 0) is 48.9 Å². The zero-order valence-corrected chi connectivity index (χ0v) is 19.2. The second-order valence-electron chi connectivity index (χ2n) is 6.13. The molecule has 156 valence electrons. The summed E-state index contributed by atoms with van der Waals surface area (Å²) in [5.74, 6) is -0.184. The van der Waals surface area contributed by atoms with Crippen LogP contribution in [-0.2, 0) is 9.59 Å². The van der Waals surface area contributed by atoms with E-state index in [0.717, 1.165) is 10.0 Å². The van der Waals surface area contributed by atoms with Crippen LogP contribution in [0, 0.1) is 0 Å². The van der Waals surface area contributed by atoms with Gasteiger partial charge in [0, 0.05) is 4.47 Å². The number of amides is 1. The second-order valence-corrected chi connectivity index (χ2v) is 8.72. The molecule has 6 nitrogen and oxygen atoms in total. The lowest BCUT2D eigenvalue weighted by molar-refractivity contribution is -0.137. The van der Waals surface area contributed by atoms with Gasteiger partial charge in [0.05, 0.1) is 30.2 Å². The molecule has 2 aromatic carbocycles. The van der Waals surface area contributed by atoms with Crippen molar-refractivity contribution >= 4 is 67.9 Å². The van der Waals surface area contributed by atoms with E-state index in [0.29, 0.717) is 33.0 Å². The van der Waals surface area contributed by atoms with Crippen LogP contribution in [0.25, 0.3) is 6.08 Å². The Morgan fingerprint density at radius 3 is 2.73 bits per heavy atom. The Hall–Kier alpha value is -2.36. The van der Waals surface area contributed by atoms with Crippen molar-refractivity contribution < 1.29 is 24.2 Å². The van der Waals surface area contributed by atoms with E-state index in [1.54, 1.807) is 24.3 Å². The first kappa shape index (κ1) is 22.3. The summed E-state index contributed by atoms with van der Waals surface area (Å²) in [5, 5.41) is 8.76. The van der Waals surface area contributed by atoms with Gasteiger partial charge in [-0.2, -0.15) is 0 Å². The van der Waals surface area contributed by atoms with Crippen LogP contribution in [0.1, 0.15) is 18.9 Å². The number of halogens is 1. The van der Waals surface area contributed by atoms with Crippen molar-refractivity contribution in [1.29, 1.82) is 0 Å². The van der Waals surface area contributed by atoms with Crippen LogP contribution in [0.2, 0.25) is 0 Å². The summed E-state index contributed by atoms with van der Waals surface area (Å²) in [6, 6.07) is 12.6. The normalized spacial score (nSPS) is 15.0. The molecule has 0 aliphatic carbocycles. The molecule has 2 aromatic rings. The number of anilines is 1. The molecule has 0 atom stereocenters. The molecule has 0 saturated carbocycles. The maximum absolute atomic E-state index is 12.9. The molecule has 0 radical (unpaired) electrons. The van der Waals surface area contributed by atoms with Crippen molar-refractivity contribution in [2.24, 2.45) is 0 Å². The Balaban J connectivity index is 1.83. The number of carbonyl (C=O) groups excluding carboxylic acids is 1. The maximum Gasteiger partial charge on any atom is 0.306 e. The van der Waals surface area contributed by atoms with Gasteiger partial charge in [0.2, 0.25) is 0 Å². The third kappa shape index (κ3) is 5.41. The number of aliphatic carboxylic acids is 1. The highest BCUT2D eigenvalue weighted by Gasteiger charge is 2.33. The van der Waals surface area contributed by atoms with Gasteiger partial charge < -0.3 is 14.6 Å². The molecule has 1 amide bonds. The number of rotatable bonds is 8. The Labute approximate surface area is 192 Å². The first-order valence-corrected chi connectivity index (χ1v) is 11.1. The number of thioether (sulfide) groups is 1. The van der Waals surface area contributed by atoms with Crippen LogP contribution in [0.4, 0.5) is 5.69 Å². The van der Waals surface area contributed by atoms with Crippen molar-refractivity contribution in [2.45, 2.75) is 13.3 Å². The van der Waals surface area contributed by atoms with Crippen LogP contribution in [0.5, 0.6) is 11.5 Å². The number of carbonyl (C=O) groups is 2. The Morgan fingerprint density at radius 1 is 1.23 bits per heavy atom. The number of nitrogens with zero attached hydrogens (tertiary/aromatic N) is 1. The monoisotopic (exact) mass is 507 g/mol. The Kier molecular flexibility index (Phi) is 7.52. The van der Waals surface area contributed by atoms with E-state index in [-0.39, 0.29) is 18.9 Å². The fourth-order valence-corrected chi connectivity index (χ4v) is 4.39. The first-order chi connectivity index (χ1) is 14.4. The van der Waals surface area contributed by atoms with Crippen LogP contribution in [-0.4, -0.2) is 34.5 Å². The summed E-state index contributed by atoms with van der Waals surface area (Å²) in [7, 11) is 0. The number of benzene rings is 2. The van der Waals surface area contributed by atoms with Crippen molar-refractivity contribution in [1.82, 2.24) is 0 Å². The molecule has 0 aromatic heterocycles. The third-order valence-corrected chi connectivity index (χ3v) is 5.79. The lowest BCUT2D eigenvalue weighted by atomic mass is 10.1. The predicted octanol–water partition coefficient (Wildman–Crippen LogP) is 5.11. The number of hydrogen-bond donors (Lipinski definition) is 1. The highest BCUT2D eigenvalue weighted by molar-refractivity contribution is 9.10. The van der Waals surface area contributed by atoms with Crippen molar-refractivity contribution in [3.05, 3.63) is 57.4 Å². The molecule has 1 aliphatic heterocycles. The van der Waals surface area contributed by atoms with E-state index < -0.39 is 5.97 Å². The molecule has 1 heterocycles. The van der Waals surface area contributed by atoms with Gasteiger partial charge in [-0.3, -0.25) is 14.5 Å². The summed E-state index contributed by atoms with van der Waals surface area (Å²) in [6.45, 7) is 2.31. The molecular formula is C21H18BrNO5S2. The summed E-state index contributed by atoms with van der Waals surface area (Å²) < 4.78 is 12.5. The molecule has 1 fully saturated rings. The SMILES string of the molecule is CCOc1cc(/C=C2/SC(=S)N(c3cccc(Br)c3)C2=O)ccc1OCCC(=O)O. The lowest BCUT2D eigenvalue weighted by Gasteiger charge is -2.14. The van der Waals surface area contributed by atoms with Crippen LogP contribution >= 0.6 is 39.9 Å². The van der Waals surface area contributed by atoms with E-state index in [1.165, 1.54) is 16.7 Å². The quantitative estimate of drug-likeness (QED) is 0.393. The fraction of sp³-hybridized carbons (Fsp3) is 0.190. The highest BCUT2D eigenvalue weighted by atomic mass is 79.9. The molecule has 30 heavy (non-hydrogen) atoms. The van der Waals surface area contributed by atoms with Gasteiger partial charge >= 0.3 is 5.97 Å². The van der Waals surface area contributed by atoms with E-state index in [1.807, 2.05) is 31.2 Å². The molecule has 0 spiro atoms. The number of ether oxygens (including phenoxy) is 2. The van der Waals surface area contributed by atoms with Gasteiger partial charge in [-0.1, -0.05) is 52.0 Å². The minimum absolute atomic E-state index is 0.0417. The molecular weight excluding hydrogens is 490 g/mol. The molecule has 0 bridgehead atoms. The molecule has 1 aliphatic rings. The lowest BCUT2D eigenvalue weighted by Crippen LogP contribution is -2.27. The Bertz CT molecular complexity index is 1020. The maximum atomic E-state index is 12.9. The van der Waals surface area contributed by atoms with E-state index >= 15 is 0 Å². The largest absolute Gasteiger partial charge is 0.490 e. The smallest absolute Gasteiger partial charge is 0.306 e. The predicted molar refractivity (Wildman–Crippen MR) is 125 cm³/mol. The fourth-order valence-electron chi connectivity index (χ4n) is 2.71. The number of carboxylic acid groups (broad SMARTS) is 1. The summed E-state index contributed by atoms with van der Waals surface area (Å²) in [6.07, 6.45) is 1.65. The minimum Gasteiger partial charge on any atom is -0.490 e. The van der Waals surface area contributed by atoms with Gasteiger partial charge in [0.1, 0.15) is 0 Å². The highest BCUT2D eigenvalue weighted by Crippen LogP contribution is 2.37. The third-order valence-electron chi connectivity index (χ3n) is 4.00. The first-order valence-electron chi connectivity index (χ1n) is 9.04.